The van der Waals surface area contributed by atoms with Gasteiger partial charge in [0, 0.05) is 6.04 Å². The quantitative estimate of drug-likeness (QED) is 0.815. The standard InChI is InChI=1S/C18H26N2O/c19-18(21)17(20-16-8-3-1-2-4-9-16)15-7-5-6-14(12-15)13-10-11-13/h5-7,12-13,16-17,20H,1-4,8-11H2,(H2,19,21). The van der Waals surface area contributed by atoms with Crippen LogP contribution in [-0.4, -0.2) is 11.9 Å². The molecule has 0 spiro atoms. The molecule has 0 saturated heterocycles. The second kappa shape index (κ2) is 6.61. The number of primary amides is 1. The fourth-order valence-corrected chi connectivity index (χ4v) is 3.43. The van der Waals surface area contributed by atoms with Gasteiger partial charge in [-0.05, 0) is 42.7 Å². The maximum atomic E-state index is 11.9. The minimum atomic E-state index is -0.341. The third kappa shape index (κ3) is 3.85. The maximum Gasteiger partial charge on any atom is 0.239 e. The van der Waals surface area contributed by atoms with E-state index in [1.165, 1.54) is 44.1 Å². The molecular weight excluding hydrogens is 260 g/mol. The van der Waals surface area contributed by atoms with Crippen molar-refractivity contribution in [3.63, 3.8) is 0 Å². The SMILES string of the molecule is NC(=O)C(NC1CCCCCC1)c1cccc(C2CC2)c1. The molecule has 3 rings (SSSR count). The Hall–Kier alpha value is -1.35. The van der Waals surface area contributed by atoms with Crippen LogP contribution in [0.4, 0.5) is 0 Å². The first-order chi connectivity index (χ1) is 10.2. The van der Waals surface area contributed by atoms with Crippen LogP contribution in [0.5, 0.6) is 0 Å². The van der Waals surface area contributed by atoms with Crippen molar-refractivity contribution in [2.45, 2.75) is 69.4 Å². The van der Waals surface area contributed by atoms with E-state index in [1.807, 2.05) is 6.07 Å². The molecular formula is C18H26N2O. The van der Waals surface area contributed by atoms with Crippen LogP contribution < -0.4 is 11.1 Å². The predicted molar refractivity (Wildman–Crippen MR) is 85.0 cm³/mol. The summed E-state index contributed by atoms with van der Waals surface area (Å²) in [6.45, 7) is 0. The van der Waals surface area contributed by atoms with Crippen molar-refractivity contribution in [1.29, 1.82) is 0 Å². The van der Waals surface area contributed by atoms with Gasteiger partial charge < -0.3 is 5.73 Å². The lowest BCUT2D eigenvalue weighted by Crippen LogP contribution is -2.39. The fourth-order valence-electron chi connectivity index (χ4n) is 3.43. The zero-order valence-electron chi connectivity index (χ0n) is 12.7. The van der Waals surface area contributed by atoms with E-state index in [1.54, 1.807) is 0 Å². The molecule has 114 valence electrons. The van der Waals surface area contributed by atoms with E-state index in [-0.39, 0.29) is 11.9 Å². The molecule has 1 aromatic carbocycles. The van der Waals surface area contributed by atoms with Crippen LogP contribution in [0, 0.1) is 0 Å². The largest absolute Gasteiger partial charge is 0.368 e. The Morgan fingerprint density at radius 2 is 1.81 bits per heavy atom. The molecule has 0 radical (unpaired) electrons. The van der Waals surface area contributed by atoms with Crippen molar-refractivity contribution in [3.05, 3.63) is 35.4 Å². The highest BCUT2D eigenvalue weighted by Gasteiger charge is 2.26. The highest BCUT2D eigenvalue weighted by Crippen LogP contribution is 2.40. The summed E-state index contributed by atoms with van der Waals surface area (Å²) in [4.78, 5) is 11.9. The van der Waals surface area contributed by atoms with Crippen LogP contribution in [0.25, 0.3) is 0 Å². The van der Waals surface area contributed by atoms with Gasteiger partial charge in [0.05, 0.1) is 0 Å². The third-order valence-corrected chi connectivity index (χ3v) is 4.83. The van der Waals surface area contributed by atoms with E-state index in [9.17, 15) is 4.79 Å². The Balaban J connectivity index is 1.73. The topological polar surface area (TPSA) is 55.1 Å². The number of hydrogen-bond donors (Lipinski definition) is 2. The van der Waals surface area contributed by atoms with E-state index in [0.29, 0.717) is 12.0 Å². The Bertz CT molecular complexity index is 488. The Labute approximate surface area is 127 Å². The summed E-state index contributed by atoms with van der Waals surface area (Å²) >= 11 is 0. The van der Waals surface area contributed by atoms with E-state index in [4.69, 9.17) is 5.73 Å². The molecule has 3 N–H and O–H groups in total. The first-order valence-corrected chi connectivity index (χ1v) is 8.39. The van der Waals surface area contributed by atoms with Crippen molar-refractivity contribution in [1.82, 2.24) is 5.32 Å². The van der Waals surface area contributed by atoms with Gasteiger partial charge in [-0.3, -0.25) is 10.1 Å². The van der Waals surface area contributed by atoms with Gasteiger partial charge >= 0.3 is 0 Å². The highest BCUT2D eigenvalue weighted by atomic mass is 16.1. The lowest BCUT2D eigenvalue weighted by molar-refractivity contribution is -0.120. The summed E-state index contributed by atoms with van der Waals surface area (Å²) in [6.07, 6.45) is 10.0. The summed E-state index contributed by atoms with van der Waals surface area (Å²) in [6, 6.07) is 8.53. The zero-order valence-corrected chi connectivity index (χ0v) is 12.7. The molecule has 0 aromatic heterocycles. The number of hydrogen-bond acceptors (Lipinski definition) is 2. The van der Waals surface area contributed by atoms with Crippen LogP contribution in [0.2, 0.25) is 0 Å². The molecule has 1 unspecified atom stereocenters. The number of amides is 1. The summed E-state index contributed by atoms with van der Waals surface area (Å²) in [5, 5.41) is 3.52. The summed E-state index contributed by atoms with van der Waals surface area (Å²) in [5.41, 5.74) is 8.07. The molecule has 2 aliphatic rings. The van der Waals surface area contributed by atoms with Crippen molar-refractivity contribution >= 4 is 5.91 Å². The van der Waals surface area contributed by atoms with Gasteiger partial charge in [-0.15, -0.1) is 0 Å². The van der Waals surface area contributed by atoms with Crippen LogP contribution in [0.15, 0.2) is 24.3 Å². The lowest BCUT2D eigenvalue weighted by atomic mass is 9.99. The van der Waals surface area contributed by atoms with Crippen molar-refractivity contribution in [2.24, 2.45) is 5.73 Å². The number of carbonyl (C=O) groups is 1. The second-order valence-corrected chi connectivity index (χ2v) is 6.63. The van der Waals surface area contributed by atoms with E-state index in [2.05, 4.69) is 23.5 Å². The van der Waals surface area contributed by atoms with Gasteiger partial charge in [-0.2, -0.15) is 0 Å². The molecule has 3 nitrogen and oxygen atoms in total. The molecule has 2 aliphatic carbocycles. The predicted octanol–water partition coefficient (Wildman–Crippen LogP) is 3.40. The average Bonchev–Trinajstić information content (AvgIpc) is 3.32. The van der Waals surface area contributed by atoms with Crippen molar-refractivity contribution in [3.8, 4) is 0 Å². The van der Waals surface area contributed by atoms with Gasteiger partial charge in [-0.1, -0.05) is 49.9 Å². The number of rotatable bonds is 5. The van der Waals surface area contributed by atoms with Crippen LogP contribution >= 0.6 is 0 Å². The first kappa shape index (κ1) is 14.6. The third-order valence-electron chi connectivity index (χ3n) is 4.83. The van der Waals surface area contributed by atoms with E-state index in [0.717, 1.165) is 18.4 Å². The van der Waals surface area contributed by atoms with Gasteiger partial charge in [0.1, 0.15) is 6.04 Å². The number of nitrogens with two attached hydrogens (primary N) is 1. The Morgan fingerprint density at radius 1 is 1.10 bits per heavy atom. The minimum Gasteiger partial charge on any atom is -0.368 e. The molecule has 1 atom stereocenters. The summed E-state index contributed by atoms with van der Waals surface area (Å²) in [7, 11) is 0. The van der Waals surface area contributed by atoms with E-state index < -0.39 is 0 Å². The molecule has 21 heavy (non-hydrogen) atoms. The zero-order chi connectivity index (χ0) is 14.7. The highest BCUT2D eigenvalue weighted by molar-refractivity contribution is 5.81. The molecule has 0 heterocycles. The number of nitrogens with one attached hydrogen (secondary N) is 1. The minimum absolute atomic E-state index is 0.257. The lowest BCUT2D eigenvalue weighted by Gasteiger charge is -2.23. The average molecular weight is 286 g/mol. The number of benzene rings is 1. The monoisotopic (exact) mass is 286 g/mol. The molecule has 1 aromatic rings. The van der Waals surface area contributed by atoms with Gasteiger partial charge in [0.2, 0.25) is 5.91 Å². The molecule has 2 fully saturated rings. The van der Waals surface area contributed by atoms with Crippen LogP contribution in [0.3, 0.4) is 0 Å². The van der Waals surface area contributed by atoms with Crippen LogP contribution in [0.1, 0.15) is 74.5 Å². The van der Waals surface area contributed by atoms with Crippen LogP contribution in [-0.2, 0) is 4.79 Å². The Morgan fingerprint density at radius 3 is 2.43 bits per heavy atom. The maximum absolute atomic E-state index is 11.9. The Kier molecular flexibility index (Phi) is 4.59. The van der Waals surface area contributed by atoms with Gasteiger partial charge in [0.25, 0.3) is 0 Å². The summed E-state index contributed by atoms with van der Waals surface area (Å²) in [5.74, 6) is 0.448. The normalized spacial score (nSPS) is 21.7. The molecule has 3 heteroatoms. The molecule has 2 saturated carbocycles. The second-order valence-electron chi connectivity index (χ2n) is 6.63. The van der Waals surface area contributed by atoms with E-state index >= 15 is 0 Å². The molecule has 0 bridgehead atoms. The molecule has 0 aliphatic heterocycles. The van der Waals surface area contributed by atoms with Gasteiger partial charge in [0.15, 0.2) is 0 Å². The number of carbonyl (C=O) groups excluding carboxylic acids is 1. The van der Waals surface area contributed by atoms with Gasteiger partial charge in [-0.25, -0.2) is 0 Å². The molecule has 1 amide bonds. The summed E-state index contributed by atoms with van der Waals surface area (Å²) < 4.78 is 0. The fraction of sp³-hybridized carbons (Fsp3) is 0.611. The smallest absolute Gasteiger partial charge is 0.239 e. The van der Waals surface area contributed by atoms with Crippen molar-refractivity contribution in [2.75, 3.05) is 0 Å². The van der Waals surface area contributed by atoms with Crippen molar-refractivity contribution < 1.29 is 4.79 Å². The first-order valence-electron chi connectivity index (χ1n) is 8.39.